The molecular formula is C19H25N5O4S. The van der Waals surface area contributed by atoms with Crippen molar-refractivity contribution in [2.24, 2.45) is 0 Å². The van der Waals surface area contributed by atoms with Gasteiger partial charge in [-0.1, -0.05) is 0 Å². The number of carbonyl (C=O) groups is 1. The van der Waals surface area contributed by atoms with Crippen LogP contribution in [0.1, 0.15) is 32.4 Å². The molecule has 1 fully saturated rings. The SMILES string of the molecule is CC(C)(CO)NC(=O)Nc1ccc(-c2nc(N)cc(CS(=O)(=O)C3CC3)n2)cc1. The van der Waals surface area contributed by atoms with Gasteiger partial charge in [-0.2, -0.15) is 0 Å². The van der Waals surface area contributed by atoms with Crippen LogP contribution in [0.15, 0.2) is 30.3 Å². The molecule has 5 N–H and O–H groups in total. The largest absolute Gasteiger partial charge is 0.394 e. The first kappa shape index (κ1) is 21.0. The number of aliphatic hydroxyl groups excluding tert-OH is 1. The number of nitrogens with zero attached hydrogens (tertiary/aromatic N) is 2. The number of hydrogen-bond donors (Lipinski definition) is 4. The van der Waals surface area contributed by atoms with Gasteiger partial charge in [-0.15, -0.1) is 0 Å². The lowest BCUT2D eigenvalue weighted by molar-refractivity contribution is 0.187. The van der Waals surface area contributed by atoms with Crippen molar-refractivity contribution in [3.8, 4) is 11.4 Å². The predicted molar refractivity (Wildman–Crippen MR) is 111 cm³/mol. The average Bonchev–Trinajstić information content (AvgIpc) is 3.46. The minimum absolute atomic E-state index is 0.155. The van der Waals surface area contributed by atoms with Gasteiger partial charge in [0, 0.05) is 17.3 Å². The first-order valence-electron chi connectivity index (χ1n) is 9.23. The van der Waals surface area contributed by atoms with Gasteiger partial charge in [0.1, 0.15) is 5.82 Å². The molecule has 1 aromatic heterocycles. The zero-order valence-corrected chi connectivity index (χ0v) is 17.2. The summed E-state index contributed by atoms with van der Waals surface area (Å²) >= 11 is 0. The van der Waals surface area contributed by atoms with Crippen LogP contribution in [0.4, 0.5) is 16.3 Å². The van der Waals surface area contributed by atoms with Crippen LogP contribution < -0.4 is 16.4 Å². The number of aromatic nitrogens is 2. The normalized spacial score (nSPS) is 14.4. The monoisotopic (exact) mass is 419 g/mol. The Kier molecular flexibility index (Phi) is 5.76. The van der Waals surface area contributed by atoms with Gasteiger partial charge in [-0.3, -0.25) is 0 Å². The molecule has 0 aliphatic heterocycles. The molecule has 3 rings (SSSR count). The summed E-state index contributed by atoms with van der Waals surface area (Å²) in [5.74, 6) is 0.366. The number of rotatable bonds is 7. The summed E-state index contributed by atoms with van der Waals surface area (Å²) in [6.07, 6.45) is 1.40. The lowest BCUT2D eigenvalue weighted by atomic mass is 10.1. The molecule has 0 saturated heterocycles. The Morgan fingerprint density at radius 1 is 1.24 bits per heavy atom. The highest BCUT2D eigenvalue weighted by atomic mass is 32.2. The summed E-state index contributed by atoms with van der Waals surface area (Å²) in [5, 5.41) is 14.3. The zero-order valence-electron chi connectivity index (χ0n) is 16.3. The Morgan fingerprint density at radius 2 is 1.90 bits per heavy atom. The van der Waals surface area contributed by atoms with Crippen LogP contribution in [0, 0.1) is 0 Å². The molecule has 1 saturated carbocycles. The van der Waals surface area contributed by atoms with E-state index in [-0.39, 0.29) is 23.4 Å². The minimum atomic E-state index is -3.21. The number of nitrogen functional groups attached to an aromatic ring is 1. The van der Waals surface area contributed by atoms with Gasteiger partial charge in [-0.05, 0) is 51.0 Å². The molecule has 29 heavy (non-hydrogen) atoms. The second-order valence-electron chi connectivity index (χ2n) is 7.81. The van der Waals surface area contributed by atoms with E-state index >= 15 is 0 Å². The number of aliphatic hydroxyl groups is 1. The fraction of sp³-hybridized carbons (Fsp3) is 0.421. The lowest BCUT2D eigenvalue weighted by Crippen LogP contribution is -2.48. The van der Waals surface area contributed by atoms with Crippen molar-refractivity contribution in [2.75, 3.05) is 17.7 Å². The molecule has 1 aromatic carbocycles. The number of sulfone groups is 1. The summed E-state index contributed by atoms with van der Waals surface area (Å²) in [6, 6.07) is 7.81. The number of benzene rings is 1. The summed E-state index contributed by atoms with van der Waals surface area (Å²) in [5.41, 5.74) is 6.66. The number of anilines is 2. The second kappa shape index (κ2) is 7.96. The summed E-state index contributed by atoms with van der Waals surface area (Å²) in [6.45, 7) is 3.21. The molecule has 0 unspecified atom stereocenters. The van der Waals surface area contributed by atoms with Crippen molar-refractivity contribution in [2.45, 2.75) is 43.2 Å². The molecule has 1 aliphatic carbocycles. The quantitative estimate of drug-likeness (QED) is 0.534. The van der Waals surface area contributed by atoms with Crippen molar-refractivity contribution in [1.29, 1.82) is 0 Å². The summed E-state index contributed by atoms with van der Waals surface area (Å²) in [7, 11) is -3.21. The Morgan fingerprint density at radius 3 is 2.48 bits per heavy atom. The van der Waals surface area contributed by atoms with Crippen LogP contribution in [0.25, 0.3) is 11.4 Å². The van der Waals surface area contributed by atoms with Gasteiger partial charge in [0.15, 0.2) is 15.7 Å². The van der Waals surface area contributed by atoms with Crippen molar-refractivity contribution < 1.29 is 18.3 Å². The molecule has 9 nitrogen and oxygen atoms in total. The van der Waals surface area contributed by atoms with E-state index in [1.165, 1.54) is 6.07 Å². The molecule has 0 spiro atoms. The van der Waals surface area contributed by atoms with Crippen LogP contribution in [0.3, 0.4) is 0 Å². The van der Waals surface area contributed by atoms with Gasteiger partial charge in [0.25, 0.3) is 0 Å². The van der Waals surface area contributed by atoms with E-state index in [0.717, 1.165) is 0 Å². The average molecular weight is 420 g/mol. The van der Waals surface area contributed by atoms with Gasteiger partial charge < -0.3 is 21.5 Å². The third kappa shape index (κ3) is 5.64. The Balaban J connectivity index is 1.73. The van der Waals surface area contributed by atoms with E-state index < -0.39 is 21.4 Å². The molecule has 1 aliphatic rings. The van der Waals surface area contributed by atoms with Crippen LogP contribution in [-0.2, 0) is 15.6 Å². The van der Waals surface area contributed by atoms with Crippen LogP contribution in [-0.4, -0.2) is 46.9 Å². The Bertz CT molecular complexity index is 1000. The van der Waals surface area contributed by atoms with Gasteiger partial charge in [-0.25, -0.2) is 23.2 Å². The number of amides is 2. The summed E-state index contributed by atoms with van der Waals surface area (Å²) in [4.78, 5) is 20.5. The van der Waals surface area contributed by atoms with Crippen LogP contribution in [0.2, 0.25) is 0 Å². The maximum absolute atomic E-state index is 12.2. The van der Waals surface area contributed by atoms with Crippen molar-refractivity contribution in [3.05, 3.63) is 36.0 Å². The number of urea groups is 1. The van der Waals surface area contributed by atoms with E-state index in [9.17, 15) is 18.3 Å². The number of nitrogens with one attached hydrogen (secondary N) is 2. The topological polar surface area (TPSA) is 147 Å². The first-order valence-corrected chi connectivity index (χ1v) is 10.9. The second-order valence-corrected chi connectivity index (χ2v) is 10.1. The molecule has 2 aromatic rings. The van der Waals surface area contributed by atoms with Crippen LogP contribution >= 0.6 is 0 Å². The molecule has 0 atom stereocenters. The molecule has 0 radical (unpaired) electrons. The van der Waals surface area contributed by atoms with Crippen molar-refractivity contribution >= 4 is 27.4 Å². The smallest absolute Gasteiger partial charge is 0.319 e. The van der Waals surface area contributed by atoms with E-state index in [4.69, 9.17) is 5.73 Å². The Hall–Kier alpha value is -2.72. The number of nitrogens with two attached hydrogens (primary N) is 1. The summed E-state index contributed by atoms with van der Waals surface area (Å²) < 4.78 is 24.5. The lowest BCUT2D eigenvalue weighted by Gasteiger charge is -2.23. The fourth-order valence-electron chi connectivity index (χ4n) is 2.68. The molecular weight excluding hydrogens is 394 g/mol. The molecule has 1 heterocycles. The highest BCUT2D eigenvalue weighted by molar-refractivity contribution is 7.91. The van der Waals surface area contributed by atoms with E-state index in [2.05, 4.69) is 20.6 Å². The zero-order chi connectivity index (χ0) is 21.2. The van der Waals surface area contributed by atoms with Crippen LogP contribution in [0.5, 0.6) is 0 Å². The third-order valence-corrected chi connectivity index (χ3v) is 6.61. The maximum Gasteiger partial charge on any atom is 0.319 e. The Labute approximate surface area is 169 Å². The molecule has 2 amide bonds. The van der Waals surface area contributed by atoms with Crippen molar-refractivity contribution in [3.63, 3.8) is 0 Å². The van der Waals surface area contributed by atoms with Crippen molar-refractivity contribution in [1.82, 2.24) is 15.3 Å². The maximum atomic E-state index is 12.2. The van der Waals surface area contributed by atoms with Gasteiger partial charge in [0.2, 0.25) is 0 Å². The predicted octanol–water partition coefficient (Wildman–Crippen LogP) is 1.70. The number of hydrogen-bond acceptors (Lipinski definition) is 7. The molecule has 0 bridgehead atoms. The highest BCUT2D eigenvalue weighted by Gasteiger charge is 2.35. The highest BCUT2D eigenvalue weighted by Crippen LogP contribution is 2.31. The van der Waals surface area contributed by atoms with E-state index in [0.29, 0.717) is 35.6 Å². The number of carbonyl (C=O) groups excluding carboxylic acids is 1. The van der Waals surface area contributed by atoms with Gasteiger partial charge >= 0.3 is 6.03 Å². The van der Waals surface area contributed by atoms with E-state index in [1.54, 1.807) is 38.1 Å². The third-order valence-electron chi connectivity index (χ3n) is 4.43. The van der Waals surface area contributed by atoms with Gasteiger partial charge in [0.05, 0.1) is 28.8 Å². The first-order chi connectivity index (χ1) is 13.6. The fourth-order valence-corrected chi connectivity index (χ4v) is 4.33. The molecule has 156 valence electrons. The standard InChI is InChI=1S/C19H25N5O4S/c1-19(2,11-25)24-18(26)22-13-5-3-12(4-6-13)17-21-14(9-16(20)23-17)10-29(27,28)15-7-8-15/h3-6,9,15,25H,7-8,10-11H2,1-2H3,(H2,20,21,23)(H2,22,24,26). The minimum Gasteiger partial charge on any atom is -0.394 e. The molecule has 10 heteroatoms. The van der Waals surface area contributed by atoms with E-state index in [1.807, 2.05) is 0 Å².